The van der Waals surface area contributed by atoms with E-state index in [1.54, 1.807) is 0 Å². The van der Waals surface area contributed by atoms with Crippen LogP contribution in [0.2, 0.25) is 0 Å². The number of aliphatic hydroxyl groups excluding tert-OH is 1. The maximum absolute atomic E-state index is 8.93. The molecule has 0 unspecified atom stereocenters. The highest BCUT2D eigenvalue weighted by atomic mass is 16.7. The lowest BCUT2D eigenvalue weighted by molar-refractivity contribution is -0.187. The summed E-state index contributed by atoms with van der Waals surface area (Å²) in [4.78, 5) is 0. The molecule has 48 valence electrons. The molecule has 0 radical (unpaired) electrons. The van der Waals surface area contributed by atoms with Crippen LogP contribution in [0.5, 0.6) is 0 Å². The quantitative estimate of drug-likeness (QED) is 0.476. The molecular weight excluding hydrogens is 108 g/mol. The van der Waals surface area contributed by atoms with Crippen molar-refractivity contribution < 1.29 is 14.6 Å². The lowest BCUT2D eigenvalue weighted by atomic mass is 10.2. The molecule has 1 aliphatic heterocycles. The van der Waals surface area contributed by atoms with E-state index in [0.717, 1.165) is 0 Å². The van der Waals surface area contributed by atoms with E-state index in [1.807, 2.05) is 6.92 Å². The summed E-state index contributed by atoms with van der Waals surface area (Å²) in [6.07, 6.45) is -0.507. The van der Waals surface area contributed by atoms with Crippen LogP contribution in [-0.4, -0.2) is 30.7 Å². The van der Waals surface area contributed by atoms with Gasteiger partial charge < -0.3 is 14.6 Å². The minimum absolute atomic E-state index is 0.0660. The summed E-state index contributed by atoms with van der Waals surface area (Å²) in [5, 5.41) is 8.93. The van der Waals surface area contributed by atoms with E-state index in [9.17, 15) is 0 Å². The third-order valence-electron chi connectivity index (χ3n) is 1.24. The Bertz CT molecular complexity index is 64.1. The minimum atomic E-state index is -0.441. The van der Waals surface area contributed by atoms with Crippen LogP contribution in [-0.2, 0) is 9.47 Å². The summed E-state index contributed by atoms with van der Waals surface area (Å²) in [5.74, 6) is 0. The highest BCUT2D eigenvalue weighted by molar-refractivity contribution is 4.64. The van der Waals surface area contributed by atoms with Gasteiger partial charge in [-0.25, -0.2) is 0 Å². The molecule has 2 atom stereocenters. The van der Waals surface area contributed by atoms with Crippen LogP contribution in [0.4, 0.5) is 0 Å². The summed E-state index contributed by atoms with van der Waals surface area (Å²) in [5.41, 5.74) is 0. The second-order valence-electron chi connectivity index (χ2n) is 1.93. The van der Waals surface area contributed by atoms with Crippen LogP contribution < -0.4 is 0 Å². The van der Waals surface area contributed by atoms with Crippen LogP contribution >= 0.6 is 0 Å². The molecule has 3 nitrogen and oxygen atoms in total. The van der Waals surface area contributed by atoms with Crippen LogP contribution in [0.3, 0.4) is 0 Å². The van der Waals surface area contributed by atoms with Crippen molar-refractivity contribution in [3.05, 3.63) is 0 Å². The van der Waals surface area contributed by atoms with Crippen molar-refractivity contribution in [2.45, 2.75) is 19.1 Å². The van der Waals surface area contributed by atoms with Crippen LogP contribution in [0.25, 0.3) is 0 Å². The molecule has 1 saturated heterocycles. The Labute approximate surface area is 48.2 Å². The van der Waals surface area contributed by atoms with E-state index in [2.05, 4.69) is 0 Å². The molecule has 0 amide bonds. The van der Waals surface area contributed by atoms with Crippen molar-refractivity contribution in [2.75, 3.05) is 13.4 Å². The molecule has 1 heterocycles. The first-order chi connectivity index (χ1) is 3.80. The van der Waals surface area contributed by atoms with Gasteiger partial charge in [0, 0.05) is 0 Å². The fourth-order valence-electron chi connectivity index (χ4n) is 0.571. The SMILES string of the molecule is C[C@@H]1OCOC[C@@H]1O. The Hall–Kier alpha value is -0.120. The largest absolute Gasteiger partial charge is 0.388 e. The molecule has 0 bridgehead atoms. The number of hydrogen-bond acceptors (Lipinski definition) is 3. The Kier molecular flexibility index (Phi) is 1.83. The monoisotopic (exact) mass is 118 g/mol. The third-order valence-corrected chi connectivity index (χ3v) is 1.24. The van der Waals surface area contributed by atoms with Gasteiger partial charge in [0.15, 0.2) is 0 Å². The Morgan fingerprint density at radius 3 is 2.75 bits per heavy atom. The van der Waals surface area contributed by atoms with Gasteiger partial charge in [-0.2, -0.15) is 0 Å². The smallest absolute Gasteiger partial charge is 0.147 e. The van der Waals surface area contributed by atoms with E-state index in [0.29, 0.717) is 13.4 Å². The number of aliphatic hydroxyl groups is 1. The number of ether oxygens (including phenoxy) is 2. The van der Waals surface area contributed by atoms with Crippen molar-refractivity contribution in [1.29, 1.82) is 0 Å². The first-order valence-electron chi connectivity index (χ1n) is 2.68. The molecule has 1 aliphatic rings. The Morgan fingerprint density at radius 1 is 1.62 bits per heavy atom. The summed E-state index contributed by atoms with van der Waals surface area (Å²) in [6, 6.07) is 0. The van der Waals surface area contributed by atoms with Gasteiger partial charge in [-0.1, -0.05) is 0 Å². The maximum Gasteiger partial charge on any atom is 0.147 e. The van der Waals surface area contributed by atoms with Crippen LogP contribution in [0, 0.1) is 0 Å². The zero-order chi connectivity index (χ0) is 5.98. The first kappa shape index (κ1) is 6.01. The highest BCUT2D eigenvalue weighted by Gasteiger charge is 2.18. The van der Waals surface area contributed by atoms with E-state index < -0.39 is 6.10 Å². The predicted octanol–water partition coefficient (Wildman–Crippen LogP) is -0.260. The molecule has 3 heteroatoms. The zero-order valence-corrected chi connectivity index (χ0v) is 4.83. The van der Waals surface area contributed by atoms with E-state index >= 15 is 0 Å². The van der Waals surface area contributed by atoms with E-state index in [4.69, 9.17) is 14.6 Å². The zero-order valence-electron chi connectivity index (χ0n) is 4.83. The van der Waals surface area contributed by atoms with Gasteiger partial charge in [-0.3, -0.25) is 0 Å². The van der Waals surface area contributed by atoms with Crippen molar-refractivity contribution in [1.82, 2.24) is 0 Å². The van der Waals surface area contributed by atoms with Crippen molar-refractivity contribution in [2.24, 2.45) is 0 Å². The summed E-state index contributed by atoms with van der Waals surface area (Å²) >= 11 is 0. The topological polar surface area (TPSA) is 38.7 Å². The normalized spacial score (nSPS) is 39.8. The van der Waals surface area contributed by atoms with Crippen molar-refractivity contribution in [3.63, 3.8) is 0 Å². The van der Waals surface area contributed by atoms with E-state index in [-0.39, 0.29) is 6.10 Å². The average molecular weight is 118 g/mol. The van der Waals surface area contributed by atoms with Gasteiger partial charge in [0.1, 0.15) is 12.9 Å². The van der Waals surface area contributed by atoms with Crippen LogP contribution in [0.1, 0.15) is 6.92 Å². The molecule has 1 N–H and O–H groups in total. The molecule has 0 aromatic heterocycles. The van der Waals surface area contributed by atoms with E-state index in [1.165, 1.54) is 0 Å². The Balaban J connectivity index is 2.28. The number of rotatable bonds is 0. The standard InChI is InChI=1S/C5H10O3/c1-4-5(6)2-7-3-8-4/h4-6H,2-3H2,1H3/t4-,5-/m0/s1. The maximum atomic E-state index is 8.93. The summed E-state index contributed by atoms with van der Waals surface area (Å²) in [6.45, 7) is 2.55. The van der Waals surface area contributed by atoms with Crippen molar-refractivity contribution in [3.8, 4) is 0 Å². The fraction of sp³-hybridized carbons (Fsp3) is 1.00. The molecule has 0 aliphatic carbocycles. The van der Waals surface area contributed by atoms with Gasteiger partial charge >= 0.3 is 0 Å². The third kappa shape index (κ3) is 1.18. The predicted molar refractivity (Wildman–Crippen MR) is 27.4 cm³/mol. The molecule has 1 rings (SSSR count). The van der Waals surface area contributed by atoms with Gasteiger partial charge in [0.25, 0.3) is 0 Å². The lowest BCUT2D eigenvalue weighted by Gasteiger charge is -2.24. The highest BCUT2D eigenvalue weighted by Crippen LogP contribution is 2.04. The molecule has 0 aromatic carbocycles. The second-order valence-corrected chi connectivity index (χ2v) is 1.93. The van der Waals surface area contributed by atoms with Gasteiger partial charge in [0.05, 0.1) is 12.7 Å². The summed E-state index contributed by atoms with van der Waals surface area (Å²) < 4.78 is 9.70. The molecule has 1 fully saturated rings. The van der Waals surface area contributed by atoms with Gasteiger partial charge in [0.2, 0.25) is 0 Å². The minimum Gasteiger partial charge on any atom is -0.388 e. The fourth-order valence-corrected chi connectivity index (χ4v) is 0.571. The molecule has 8 heavy (non-hydrogen) atoms. The van der Waals surface area contributed by atoms with Gasteiger partial charge in [-0.05, 0) is 6.92 Å². The first-order valence-corrected chi connectivity index (χ1v) is 2.68. The molecule has 0 aromatic rings. The summed E-state index contributed by atoms with van der Waals surface area (Å²) in [7, 11) is 0. The molecular formula is C5H10O3. The Morgan fingerprint density at radius 2 is 2.38 bits per heavy atom. The molecule has 0 saturated carbocycles. The molecule has 0 spiro atoms. The lowest BCUT2D eigenvalue weighted by Crippen LogP contribution is -2.36. The second kappa shape index (κ2) is 2.44. The van der Waals surface area contributed by atoms with Crippen LogP contribution in [0.15, 0.2) is 0 Å². The number of hydrogen-bond donors (Lipinski definition) is 1. The average Bonchev–Trinajstić information content (AvgIpc) is 1.77. The van der Waals surface area contributed by atoms with Crippen molar-refractivity contribution >= 4 is 0 Å². The van der Waals surface area contributed by atoms with Gasteiger partial charge in [-0.15, -0.1) is 0 Å².